The maximum Gasteiger partial charge on any atom is 0.123 e. The molecule has 1 nitrogen and oxygen atoms in total. The quantitative estimate of drug-likeness (QED) is 0.314. The molecule has 0 bridgehead atoms. The van der Waals surface area contributed by atoms with Gasteiger partial charge in [0.25, 0.3) is 0 Å². The molecule has 0 atom stereocenters. The molecule has 2 aromatic carbocycles. The summed E-state index contributed by atoms with van der Waals surface area (Å²) in [6, 6.07) is 14.9. The van der Waals surface area contributed by atoms with Crippen LogP contribution in [-0.4, -0.2) is 10.3 Å². The molecule has 1 aliphatic rings. The maximum atomic E-state index is 13.0. The number of hydrogen-bond donors (Lipinski definition) is 0. The zero-order valence-electron chi connectivity index (χ0n) is 14.3. The summed E-state index contributed by atoms with van der Waals surface area (Å²) < 4.78 is 13.0. The van der Waals surface area contributed by atoms with Gasteiger partial charge in [0.15, 0.2) is 0 Å². The highest BCUT2D eigenvalue weighted by atomic mass is 32.2. The summed E-state index contributed by atoms with van der Waals surface area (Å²) in [6.07, 6.45) is 7.27. The summed E-state index contributed by atoms with van der Waals surface area (Å²) in [5.74, 6) is -0.202. The van der Waals surface area contributed by atoms with E-state index in [1.165, 1.54) is 43.4 Å². The Labute approximate surface area is 157 Å². The number of benzene rings is 2. The van der Waals surface area contributed by atoms with Gasteiger partial charge in [-0.3, -0.25) is 0 Å². The Morgan fingerprint density at radius 2 is 1.72 bits per heavy atom. The molecule has 0 amide bonds. The normalized spacial score (nSPS) is 16.0. The minimum absolute atomic E-state index is 0.202. The largest absolute Gasteiger partial charge is 0.242 e. The number of aryl methyl sites for hydroxylation is 1. The fraction of sp³-hybridized carbons (Fsp3) is 0.286. The zero-order chi connectivity index (χ0) is 17.5. The Hall–Kier alpha value is -1.52. The topological polar surface area (TPSA) is 12.4 Å². The lowest BCUT2D eigenvalue weighted by atomic mass is 10.2. The lowest BCUT2D eigenvalue weighted by Gasteiger charge is -2.09. The highest BCUT2D eigenvalue weighted by molar-refractivity contribution is 8.15. The van der Waals surface area contributed by atoms with Crippen molar-refractivity contribution in [3.63, 3.8) is 0 Å². The van der Waals surface area contributed by atoms with Gasteiger partial charge in [-0.25, -0.2) is 9.38 Å². The van der Waals surface area contributed by atoms with Gasteiger partial charge < -0.3 is 0 Å². The number of halogens is 1. The third-order valence-electron chi connectivity index (χ3n) is 4.09. The molecule has 1 fully saturated rings. The summed E-state index contributed by atoms with van der Waals surface area (Å²) in [4.78, 5) is 5.85. The van der Waals surface area contributed by atoms with E-state index in [1.54, 1.807) is 23.9 Å². The van der Waals surface area contributed by atoms with Crippen LogP contribution >= 0.6 is 23.5 Å². The van der Waals surface area contributed by atoms with Gasteiger partial charge in [-0.05, 0) is 67.6 Å². The fourth-order valence-electron chi connectivity index (χ4n) is 2.71. The van der Waals surface area contributed by atoms with Crippen molar-refractivity contribution in [1.29, 1.82) is 0 Å². The Morgan fingerprint density at radius 3 is 2.40 bits per heavy atom. The molecule has 0 aliphatic heterocycles. The van der Waals surface area contributed by atoms with Crippen LogP contribution in [0.3, 0.4) is 0 Å². The van der Waals surface area contributed by atoms with Crippen LogP contribution in [0.1, 0.15) is 31.2 Å². The van der Waals surface area contributed by atoms with Crippen LogP contribution in [0.15, 0.2) is 69.9 Å². The molecule has 130 valence electrons. The van der Waals surface area contributed by atoms with Crippen molar-refractivity contribution in [2.75, 3.05) is 0 Å². The highest BCUT2D eigenvalue weighted by Crippen LogP contribution is 2.32. The average molecular weight is 372 g/mol. The van der Waals surface area contributed by atoms with E-state index < -0.39 is 0 Å². The van der Waals surface area contributed by atoms with E-state index in [9.17, 15) is 4.39 Å². The predicted molar refractivity (Wildman–Crippen MR) is 110 cm³/mol. The highest BCUT2D eigenvalue weighted by Gasteiger charge is 2.17. The molecule has 25 heavy (non-hydrogen) atoms. The van der Waals surface area contributed by atoms with Crippen molar-refractivity contribution in [1.82, 2.24) is 0 Å². The van der Waals surface area contributed by atoms with Crippen molar-refractivity contribution >= 4 is 34.3 Å². The second-order valence-corrected chi connectivity index (χ2v) is 8.48. The van der Waals surface area contributed by atoms with Crippen LogP contribution in [0, 0.1) is 12.7 Å². The minimum Gasteiger partial charge on any atom is -0.242 e. The molecule has 0 radical (unpaired) electrons. The van der Waals surface area contributed by atoms with Crippen LogP contribution in [-0.2, 0) is 0 Å². The molecule has 0 spiro atoms. The van der Waals surface area contributed by atoms with Gasteiger partial charge in [-0.1, -0.05) is 42.3 Å². The molecule has 0 saturated heterocycles. The number of aliphatic imine (C=N–C) groups is 1. The van der Waals surface area contributed by atoms with Gasteiger partial charge in [0, 0.05) is 10.1 Å². The summed E-state index contributed by atoms with van der Waals surface area (Å²) in [7, 11) is 0. The molecule has 1 saturated carbocycles. The molecule has 4 heteroatoms. The van der Waals surface area contributed by atoms with Crippen molar-refractivity contribution < 1.29 is 4.39 Å². The van der Waals surface area contributed by atoms with Gasteiger partial charge in [0.05, 0.1) is 10.7 Å². The number of nitrogens with zero attached hydrogens (tertiary/aromatic N) is 1. The number of hydrogen-bond acceptors (Lipinski definition) is 3. The predicted octanol–water partition coefficient (Wildman–Crippen LogP) is 7.15. The molecule has 0 N–H and O–H groups in total. The first kappa shape index (κ1) is 18.3. The summed E-state index contributed by atoms with van der Waals surface area (Å²) in [5, 5.41) is 3.76. The molecule has 2 aromatic rings. The van der Waals surface area contributed by atoms with E-state index in [-0.39, 0.29) is 5.82 Å². The van der Waals surface area contributed by atoms with Crippen molar-refractivity contribution in [2.24, 2.45) is 4.99 Å². The lowest BCUT2D eigenvalue weighted by Crippen LogP contribution is -1.99. The minimum atomic E-state index is -0.202. The van der Waals surface area contributed by atoms with Crippen molar-refractivity contribution in [3.8, 4) is 0 Å². The SMILES string of the molecule is Cc1ccc(N=C(C=CSc2ccc(F)cc2)SC2CCCC2)cc1. The Bertz CT molecular complexity index is 729. The van der Waals surface area contributed by atoms with E-state index in [1.807, 2.05) is 17.2 Å². The number of rotatable bonds is 5. The summed E-state index contributed by atoms with van der Waals surface area (Å²) >= 11 is 3.47. The molecule has 1 aliphatic carbocycles. The van der Waals surface area contributed by atoms with Crippen LogP contribution in [0.25, 0.3) is 0 Å². The van der Waals surface area contributed by atoms with Gasteiger partial charge in [0.1, 0.15) is 5.82 Å². The first-order valence-electron chi connectivity index (χ1n) is 8.60. The van der Waals surface area contributed by atoms with Crippen LogP contribution in [0.5, 0.6) is 0 Å². The molecule has 3 rings (SSSR count). The monoisotopic (exact) mass is 371 g/mol. The van der Waals surface area contributed by atoms with Gasteiger partial charge in [0.2, 0.25) is 0 Å². The van der Waals surface area contributed by atoms with Crippen LogP contribution in [0.2, 0.25) is 0 Å². The van der Waals surface area contributed by atoms with Crippen LogP contribution < -0.4 is 0 Å². The fourth-order valence-corrected chi connectivity index (χ4v) is 4.66. The summed E-state index contributed by atoms with van der Waals surface area (Å²) in [6.45, 7) is 2.08. The first-order valence-corrected chi connectivity index (χ1v) is 10.4. The Balaban J connectivity index is 1.71. The average Bonchev–Trinajstić information content (AvgIpc) is 3.12. The third kappa shape index (κ3) is 6.05. The van der Waals surface area contributed by atoms with Gasteiger partial charge in [-0.15, -0.1) is 11.8 Å². The van der Waals surface area contributed by atoms with E-state index in [0.717, 1.165) is 15.6 Å². The van der Waals surface area contributed by atoms with Crippen molar-refractivity contribution in [3.05, 3.63) is 71.4 Å². The third-order valence-corrected chi connectivity index (χ3v) is 6.18. The Kier molecular flexibility index (Phi) is 6.76. The molecule has 0 aromatic heterocycles. The second-order valence-electron chi connectivity index (χ2n) is 6.18. The molecule has 0 unspecified atom stereocenters. The molecular formula is C21H22FNS2. The summed E-state index contributed by atoms with van der Waals surface area (Å²) in [5.41, 5.74) is 2.23. The van der Waals surface area contributed by atoms with E-state index >= 15 is 0 Å². The van der Waals surface area contributed by atoms with E-state index in [2.05, 4.69) is 37.3 Å². The number of thioether (sulfide) groups is 2. The van der Waals surface area contributed by atoms with Gasteiger partial charge in [-0.2, -0.15) is 0 Å². The van der Waals surface area contributed by atoms with Crippen LogP contribution in [0.4, 0.5) is 10.1 Å². The van der Waals surface area contributed by atoms with E-state index in [0.29, 0.717) is 5.25 Å². The van der Waals surface area contributed by atoms with Gasteiger partial charge >= 0.3 is 0 Å². The first-order chi connectivity index (χ1) is 12.2. The van der Waals surface area contributed by atoms with E-state index in [4.69, 9.17) is 4.99 Å². The molecular weight excluding hydrogens is 349 g/mol. The molecule has 0 heterocycles. The second kappa shape index (κ2) is 9.25. The lowest BCUT2D eigenvalue weighted by molar-refractivity contribution is 0.626. The van der Waals surface area contributed by atoms with Crippen molar-refractivity contribution in [2.45, 2.75) is 42.8 Å². The standard InChI is InChI=1S/C21H22FNS2/c1-16-6-10-18(11-7-16)23-21(25-20-4-2-3-5-20)14-15-24-19-12-8-17(22)9-13-19/h6-15,20H,2-5H2,1H3. The zero-order valence-corrected chi connectivity index (χ0v) is 16.0. The smallest absolute Gasteiger partial charge is 0.123 e. The maximum absolute atomic E-state index is 13.0. The Morgan fingerprint density at radius 1 is 1.04 bits per heavy atom.